The summed E-state index contributed by atoms with van der Waals surface area (Å²) in [6.07, 6.45) is 0. The lowest BCUT2D eigenvalue weighted by Gasteiger charge is -2.32. The van der Waals surface area contributed by atoms with E-state index in [2.05, 4.69) is 260 Å². The number of nitrogens with zero attached hydrogens (tertiary/aromatic N) is 1. The maximum atomic E-state index is 6.68. The number of rotatable bonds is 7. The third kappa shape index (κ3) is 5.79. The van der Waals surface area contributed by atoms with E-state index in [-0.39, 0.29) is 0 Å². The quantitative estimate of drug-likeness (QED) is 0.159. The fourth-order valence-electron chi connectivity index (χ4n) is 11.9. The van der Waals surface area contributed by atoms with Crippen LogP contribution in [-0.2, 0) is 5.41 Å². The van der Waals surface area contributed by atoms with Gasteiger partial charge in [0.15, 0.2) is 0 Å². The Labute approximate surface area is 401 Å². The average Bonchev–Trinajstić information content (AvgIpc) is 4.06. The summed E-state index contributed by atoms with van der Waals surface area (Å²) in [7, 11) is 0. The van der Waals surface area contributed by atoms with Crippen molar-refractivity contribution in [3.05, 3.63) is 283 Å². The summed E-state index contributed by atoms with van der Waals surface area (Å²) in [5.41, 5.74) is 24.1. The van der Waals surface area contributed by atoms with E-state index in [4.69, 9.17) is 4.42 Å². The highest BCUT2D eigenvalue weighted by Gasteiger charge is 2.52. The minimum Gasteiger partial charge on any atom is -0.455 e. The van der Waals surface area contributed by atoms with E-state index < -0.39 is 5.41 Å². The molecule has 0 saturated heterocycles. The Hall–Kier alpha value is -8.98. The molecule has 11 aromatic carbocycles. The van der Waals surface area contributed by atoms with Crippen molar-refractivity contribution in [2.24, 2.45) is 0 Å². The summed E-state index contributed by atoms with van der Waals surface area (Å²) in [5.74, 6) is 0. The van der Waals surface area contributed by atoms with Crippen LogP contribution >= 0.6 is 0 Å². The molecule has 0 N–H and O–H groups in total. The highest BCUT2D eigenvalue weighted by molar-refractivity contribution is 6.10. The molecule has 0 aliphatic heterocycles. The molecule has 2 nitrogen and oxygen atoms in total. The molecule has 14 rings (SSSR count). The second-order valence-corrected chi connectivity index (χ2v) is 18.2. The van der Waals surface area contributed by atoms with Crippen LogP contribution in [0.4, 0.5) is 17.1 Å². The van der Waals surface area contributed by atoms with Crippen molar-refractivity contribution in [2.75, 3.05) is 4.90 Å². The van der Waals surface area contributed by atoms with Gasteiger partial charge in [-0.2, -0.15) is 0 Å². The molecule has 1 heterocycles. The smallest absolute Gasteiger partial charge is 0.143 e. The zero-order valence-electron chi connectivity index (χ0n) is 37.7. The predicted octanol–water partition coefficient (Wildman–Crippen LogP) is 18.1. The zero-order chi connectivity index (χ0) is 45.5. The van der Waals surface area contributed by atoms with Gasteiger partial charge in [0.05, 0.1) is 16.8 Å². The van der Waals surface area contributed by atoms with E-state index in [9.17, 15) is 0 Å². The lowest BCUT2D eigenvalue weighted by Crippen LogP contribution is -2.26. The number of hydrogen-bond acceptors (Lipinski definition) is 2. The largest absolute Gasteiger partial charge is 0.455 e. The highest BCUT2D eigenvalue weighted by atomic mass is 16.3. The first-order valence-electron chi connectivity index (χ1n) is 23.8. The summed E-state index contributed by atoms with van der Waals surface area (Å²) in [6.45, 7) is 0. The molecule has 0 bridgehead atoms. The first-order chi connectivity index (χ1) is 34.3. The summed E-state index contributed by atoms with van der Waals surface area (Å²) >= 11 is 0. The van der Waals surface area contributed by atoms with Crippen LogP contribution in [0.2, 0.25) is 0 Å². The van der Waals surface area contributed by atoms with Crippen molar-refractivity contribution in [1.82, 2.24) is 0 Å². The molecule has 0 unspecified atom stereocenters. The first-order valence-corrected chi connectivity index (χ1v) is 23.8. The lowest BCUT2D eigenvalue weighted by molar-refractivity contribution is 0.670. The lowest BCUT2D eigenvalue weighted by atomic mass is 9.70. The zero-order valence-corrected chi connectivity index (χ0v) is 37.7. The van der Waals surface area contributed by atoms with E-state index in [0.717, 1.165) is 61.3 Å². The molecule has 0 atom stereocenters. The van der Waals surface area contributed by atoms with Crippen molar-refractivity contribution in [3.63, 3.8) is 0 Å². The SMILES string of the molecule is c1ccc(-c2ccccc2-c2ccccc2-c2ccccc2N(c2cccc(-c3cccc4c3oc3ccccc34)c2)c2cccc3c2-c2ccccc2C32c3ccccc3-c3ccccc32)cc1. The van der Waals surface area contributed by atoms with Gasteiger partial charge in [0.2, 0.25) is 0 Å². The van der Waals surface area contributed by atoms with Gasteiger partial charge in [0.1, 0.15) is 11.2 Å². The Morgan fingerprint density at radius 1 is 0.290 bits per heavy atom. The molecule has 0 radical (unpaired) electrons. The third-order valence-corrected chi connectivity index (χ3v) is 14.7. The molecule has 2 aliphatic carbocycles. The molecule has 0 saturated carbocycles. The molecule has 0 amide bonds. The second-order valence-electron chi connectivity index (χ2n) is 18.2. The normalized spacial score (nSPS) is 12.8. The fraction of sp³-hybridized carbons (Fsp3) is 0.0149. The van der Waals surface area contributed by atoms with Gasteiger partial charge in [0, 0.05) is 33.2 Å². The van der Waals surface area contributed by atoms with Crippen molar-refractivity contribution in [2.45, 2.75) is 5.41 Å². The summed E-state index contributed by atoms with van der Waals surface area (Å²) in [6, 6.07) is 95.6. The summed E-state index contributed by atoms with van der Waals surface area (Å²) in [4.78, 5) is 2.53. The molecule has 2 aliphatic rings. The molecule has 12 aromatic rings. The van der Waals surface area contributed by atoms with Gasteiger partial charge >= 0.3 is 0 Å². The summed E-state index contributed by atoms with van der Waals surface area (Å²) in [5, 5.41) is 2.24. The Morgan fingerprint density at radius 2 is 0.754 bits per heavy atom. The van der Waals surface area contributed by atoms with Gasteiger partial charge in [-0.25, -0.2) is 0 Å². The maximum Gasteiger partial charge on any atom is 0.143 e. The standard InChI is InChI=1S/C67H43NO/c1-2-21-44(22-3-1)47-25-4-5-26-49(47)50-27-6-7-28-51(50)54-31-11-16-40-62(54)68(46-24-18-23-45(43-46)48-34-19-35-56-55-32-12-17-42-64(55)69-66(48)56)63-41-20-39-61-65(63)57-33-10-15-38-60(57)67(61)58-36-13-8-29-52(58)53-30-9-14-37-59(53)67/h1-43H. The van der Waals surface area contributed by atoms with Gasteiger partial charge in [-0.15, -0.1) is 0 Å². The Balaban J connectivity index is 1.05. The molecule has 69 heavy (non-hydrogen) atoms. The monoisotopic (exact) mass is 877 g/mol. The molecule has 322 valence electrons. The number of furan rings is 1. The number of fused-ring (bicyclic) bond motifs is 13. The summed E-state index contributed by atoms with van der Waals surface area (Å²) < 4.78 is 6.68. The fourth-order valence-corrected chi connectivity index (χ4v) is 11.9. The molecular formula is C67H43NO. The van der Waals surface area contributed by atoms with Crippen molar-refractivity contribution >= 4 is 39.0 Å². The van der Waals surface area contributed by atoms with E-state index in [0.29, 0.717) is 0 Å². The molecular weight excluding hydrogens is 835 g/mol. The molecule has 1 aromatic heterocycles. The van der Waals surface area contributed by atoms with Crippen molar-refractivity contribution in [3.8, 4) is 66.8 Å². The highest BCUT2D eigenvalue weighted by Crippen LogP contribution is 2.65. The molecule has 1 spiro atoms. The predicted molar refractivity (Wildman–Crippen MR) is 286 cm³/mol. The Kier molecular flexibility index (Phi) is 8.84. The van der Waals surface area contributed by atoms with E-state index in [1.165, 1.54) is 66.8 Å². The van der Waals surface area contributed by atoms with Crippen LogP contribution in [0.25, 0.3) is 88.7 Å². The van der Waals surface area contributed by atoms with Gasteiger partial charge in [-0.3, -0.25) is 0 Å². The van der Waals surface area contributed by atoms with Crippen LogP contribution in [0.5, 0.6) is 0 Å². The Morgan fingerprint density at radius 3 is 1.49 bits per heavy atom. The van der Waals surface area contributed by atoms with E-state index in [1.54, 1.807) is 0 Å². The molecule has 0 fully saturated rings. The van der Waals surface area contributed by atoms with Crippen LogP contribution < -0.4 is 4.90 Å². The van der Waals surface area contributed by atoms with Crippen molar-refractivity contribution in [1.29, 1.82) is 0 Å². The number of anilines is 3. The minimum absolute atomic E-state index is 0.493. The van der Waals surface area contributed by atoms with Gasteiger partial charge in [-0.05, 0) is 103 Å². The van der Waals surface area contributed by atoms with Gasteiger partial charge < -0.3 is 9.32 Å². The number of hydrogen-bond donors (Lipinski definition) is 0. The second kappa shape index (κ2) is 15.6. The van der Waals surface area contributed by atoms with Crippen LogP contribution in [-0.4, -0.2) is 0 Å². The topological polar surface area (TPSA) is 16.4 Å². The van der Waals surface area contributed by atoms with Gasteiger partial charge in [0.25, 0.3) is 0 Å². The van der Waals surface area contributed by atoms with Crippen LogP contribution in [0.1, 0.15) is 22.3 Å². The third-order valence-electron chi connectivity index (χ3n) is 14.7. The van der Waals surface area contributed by atoms with Crippen LogP contribution in [0.15, 0.2) is 265 Å². The van der Waals surface area contributed by atoms with E-state index in [1.807, 2.05) is 6.07 Å². The first kappa shape index (κ1) is 39.2. The van der Waals surface area contributed by atoms with Crippen LogP contribution in [0.3, 0.4) is 0 Å². The minimum atomic E-state index is -0.493. The van der Waals surface area contributed by atoms with Crippen LogP contribution in [0, 0.1) is 0 Å². The maximum absolute atomic E-state index is 6.68. The Bertz CT molecular complexity index is 3940. The van der Waals surface area contributed by atoms with Gasteiger partial charge in [-0.1, -0.05) is 231 Å². The number of benzene rings is 11. The average molecular weight is 878 g/mol. The van der Waals surface area contributed by atoms with E-state index >= 15 is 0 Å². The number of para-hydroxylation sites is 3. The van der Waals surface area contributed by atoms with Crippen molar-refractivity contribution < 1.29 is 4.42 Å². The molecule has 2 heteroatoms.